The van der Waals surface area contributed by atoms with E-state index in [0.29, 0.717) is 0 Å². The number of aromatic nitrogens is 1. The van der Waals surface area contributed by atoms with Crippen LogP contribution in [0.25, 0.3) is 0 Å². The molecule has 0 amide bonds. The monoisotopic (exact) mass is 216 g/mol. The van der Waals surface area contributed by atoms with Crippen LogP contribution in [0.3, 0.4) is 0 Å². The van der Waals surface area contributed by atoms with Crippen molar-refractivity contribution in [1.82, 2.24) is 0 Å². The Kier molecular flexibility index (Phi) is 13.1. The van der Waals surface area contributed by atoms with Gasteiger partial charge in [0.15, 0.2) is 12.4 Å². The van der Waals surface area contributed by atoms with Gasteiger partial charge in [-0.2, -0.15) is 0 Å². The normalized spacial score (nSPS) is 5.78. The molecule has 0 aliphatic carbocycles. The van der Waals surface area contributed by atoms with Gasteiger partial charge in [-0.15, -0.1) is 0 Å². The maximum absolute atomic E-state index is 8.00. The van der Waals surface area contributed by atoms with Gasteiger partial charge in [-0.3, -0.25) is 0 Å². The van der Waals surface area contributed by atoms with Crippen LogP contribution < -0.4 is 4.98 Å². The molecule has 0 bridgehead atoms. The zero-order valence-corrected chi connectivity index (χ0v) is 6.37. The minimum Gasteiger partial charge on any atom is -0.307 e. The van der Waals surface area contributed by atoms with Crippen molar-refractivity contribution in [2.45, 2.75) is 0 Å². The van der Waals surface area contributed by atoms with E-state index >= 15 is 0 Å². The van der Waals surface area contributed by atoms with E-state index in [1.165, 1.54) is 0 Å². The number of hydrogen-bond donors (Lipinski definition) is 0. The molecule has 1 N–H and O–H groups in total. The molecule has 3 heteroatoms. The topological polar surface area (TPSA) is 31.2 Å². The predicted molar refractivity (Wildman–Crippen MR) is 30.1 cm³/mol. The molecule has 0 aromatic carbocycles. The van der Waals surface area contributed by atoms with E-state index in [0.717, 1.165) is 0 Å². The van der Waals surface area contributed by atoms with Crippen LogP contribution in [0.2, 0.25) is 0 Å². The summed E-state index contributed by atoms with van der Waals surface area (Å²) in [6.07, 6.45) is 3.75. The average Bonchev–Trinajstić information content (AvgIpc) is 1.96. The van der Waals surface area contributed by atoms with Gasteiger partial charge in [0, 0.05) is 12.1 Å². The smallest absolute Gasteiger partial charge is 0.307 e. The summed E-state index contributed by atoms with van der Waals surface area (Å²) in [5.41, 5.74) is 0. The Balaban J connectivity index is 0. The standard InChI is InChI=1S/C5H5N.CH2O.Pd/c1-2-4-6-5-3-1;1-2;/h1-5H;1H2;/q;;+2/p+1. The molecular weight excluding hydrogens is 208 g/mol. The molecular formula is C6H8NOPd+3. The summed E-state index contributed by atoms with van der Waals surface area (Å²) >= 11 is 0. The largest absolute Gasteiger partial charge is 2.00 e. The summed E-state index contributed by atoms with van der Waals surface area (Å²) in [6.45, 7) is 2.00. The Morgan fingerprint density at radius 3 is 1.56 bits per heavy atom. The van der Waals surface area contributed by atoms with Crippen molar-refractivity contribution in [3.8, 4) is 0 Å². The van der Waals surface area contributed by atoms with Gasteiger partial charge in [-0.1, -0.05) is 6.07 Å². The van der Waals surface area contributed by atoms with Crippen LogP contribution in [0.4, 0.5) is 0 Å². The maximum Gasteiger partial charge on any atom is 2.00 e. The fraction of sp³-hybridized carbons (Fsp3) is 0. The third kappa shape index (κ3) is 7.48. The maximum atomic E-state index is 8.00. The van der Waals surface area contributed by atoms with E-state index < -0.39 is 0 Å². The molecule has 0 atom stereocenters. The number of H-pyrrole nitrogens is 1. The van der Waals surface area contributed by atoms with Crippen LogP contribution in [0.15, 0.2) is 30.6 Å². The quantitative estimate of drug-likeness (QED) is 0.575. The summed E-state index contributed by atoms with van der Waals surface area (Å²) in [5, 5.41) is 0. The van der Waals surface area contributed by atoms with Gasteiger partial charge in [0.1, 0.15) is 6.79 Å². The van der Waals surface area contributed by atoms with Crippen molar-refractivity contribution in [3.63, 3.8) is 0 Å². The molecule has 1 aromatic rings. The van der Waals surface area contributed by atoms with E-state index in [1.807, 2.05) is 37.4 Å². The molecule has 0 aliphatic heterocycles. The molecule has 9 heavy (non-hydrogen) atoms. The first kappa shape index (κ1) is 11.3. The summed E-state index contributed by atoms with van der Waals surface area (Å²) in [5.74, 6) is 0. The summed E-state index contributed by atoms with van der Waals surface area (Å²) in [7, 11) is 0. The molecule has 0 saturated carbocycles. The van der Waals surface area contributed by atoms with Crippen molar-refractivity contribution >= 4 is 6.79 Å². The molecule has 0 radical (unpaired) electrons. The first-order chi connectivity index (χ1) is 4.00. The number of aromatic amines is 1. The van der Waals surface area contributed by atoms with Gasteiger partial charge >= 0.3 is 20.4 Å². The van der Waals surface area contributed by atoms with Crippen molar-refractivity contribution in [2.75, 3.05) is 0 Å². The van der Waals surface area contributed by atoms with Gasteiger partial charge in [0.2, 0.25) is 0 Å². The first-order valence-corrected chi connectivity index (χ1v) is 2.20. The fourth-order valence-electron chi connectivity index (χ4n) is 0.342. The molecule has 0 unspecified atom stereocenters. The zero-order valence-electron chi connectivity index (χ0n) is 4.82. The Morgan fingerprint density at radius 2 is 1.44 bits per heavy atom. The minimum atomic E-state index is 0. The van der Waals surface area contributed by atoms with Crippen molar-refractivity contribution in [2.24, 2.45) is 0 Å². The molecule has 1 aromatic heterocycles. The van der Waals surface area contributed by atoms with Gasteiger partial charge in [-0.05, 0) is 0 Å². The zero-order chi connectivity index (χ0) is 6.24. The SMILES string of the molecule is C=O.[Pd+2].c1cc[nH+]cc1. The summed E-state index contributed by atoms with van der Waals surface area (Å²) < 4.78 is 0. The van der Waals surface area contributed by atoms with Gasteiger partial charge in [0.05, 0.1) is 0 Å². The summed E-state index contributed by atoms with van der Waals surface area (Å²) in [6, 6.07) is 5.86. The number of carbonyl (C=O) groups is 1. The number of rotatable bonds is 0. The number of hydrogen-bond acceptors (Lipinski definition) is 1. The molecule has 1 rings (SSSR count). The van der Waals surface area contributed by atoms with Crippen LogP contribution >= 0.6 is 0 Å². The Bertz CT molecular complexity index is 95.9. The molecule has 0 aliphatic rings. The molecule has 0 spiro atoms. The van der Waals surface area contributed by atoms with Gasteiger partial charge in [-0.25, -0.2) is 4.98 Å². The second-order valence-corrected chi connectivity index (χ2v) is 1.08. The molecule has 0 saturated heterocycles. The number of carbonyl (C=O) groups excluding carboxylic acids is 1. The molecule has 0 fully saturated rings. The Morgan fingerprint density at radius 1 is 1.00 bits per heavy atom. The second kappa shape index (κ2) is 10.5. The van der Waals surface area contributed by atoms with Crippen LogP contribution in [0.1, 0.15) is 0 Å². The third-order valence-corrected chi connectivity index (χ3v) is 0.607. The van der Waals surface area contributed by atoms with E-state index in [4.69, 9.17) is 4.79 Å². The van der Waals surface area contributed by atoms with Crippen molar-refractivity contribution in [1.29, 1.82) is 0 Å². The first-order valence-electron chi connectivity index (χ1n) is 2.20. The van der Waals surface area contributed by atoms with Gasteiger partial charge in [0.25, 0.3) is 0 Å². The average molecular weight is 217 g/mol. The summed E-state index contributed by atoms with van der Waals surface area (Å²) in [4.78, 5) is 10.9. The molecule has 50 valence electrons. The van der Waals surface area contributed by atoms with E-state index in [1.54, 1.807) is 0 Å². The van der Waals surface area contributed by atoms with Crippen molar-refractivity contribution < 1.29 is 30.2 Å². The van der Waals surface area contributed by atoms with Crippen LogP contribution in [-0.4, -0.2) is 6.79 Å². The van der Waals surface area contributed by atoms with Gasteiger partial charge < -0.3 is 4.79 Å². The van der Waals surface area contributed by atoms with Crippen molar-refractivity contribution in [3.05, 3.63) is 30.6 Å². The second-order valence-electron chi connectivity index (χ2n) is 1.08. The minimum absolute atomic E-state index is 0. The van der Waals surface area contributed by atoms with Crippen LogP contribution in [-0.2, 0) is 25.2 Å². The van der Waals surface area contributed by atoms with E-state index in [2.05, 4.69) is 4.98 Å². The van der Waals surface area contributed by atoms with Crippen LogP contribution in [0, 0.1) is 0 Å². The number of pyridine rings is 1. The predicted octanol–water partition coefficient (Wildman–Crippen LogP) is 0.313. The van der Waals surface area contributed by atoms with E-state index in [9.17, 15) is 0 Å². The fourth-order valence-corrected chi connectivity index (χ4v) is 0.342. The Labute approximate surface area is 68.0 Å². The Hall–Kier alpha value is -0.518. The number of nitrogens with one attached hydrogen (secondary N) is 1. The molecule has 2 nitrogen and oxygen atoms in total. The third-order valence-electron chi connectivity index (χ3n) is 0.607. The molecule has 1 heterocycles. The van der Waals surface area contributed by atoms with E-state index in [-0.39, 0.29) is 20.4 Å². The van der Waals surface area contributed by atoms with Crippen LogP contribution in [0.5, 0.6) is 0 Å².